The van der Waals surface area contributed by atoms with E-state index in [0.29, 0.717) is 19.6 Å². The van der Waals surface area contributed by atoms with Gasteiger partial charge in [0.05, 0.1) is 31.0 Å². The van der Waals surface area contributed by atoms with Crippen LogP contribution in [-0.4, -0.2) is 66.1 Å². The highest BCUT2D eigenvalue weighted by Gasteiger charge is 2.33. The van der Waals surface area contributed by atoms with Crippen molar-refractivity contribution < 1.29 is 34.0 Å². The van der Waals surface area contributed by atoms with E-state index in [9.17, 15) is 9.90 Å². The molecule has 2 aliphatic heterocycles. The first-order chi connectivity index (χ1) is 15.5. The van der Waals surface area contributed by atoms with E-state index in [0.717, 1.165) is 24.8 Å². The molecular formula is C24H40N2O7. The van der Waals surface area contributed by atoms with Crippen molar-refractivity contribution in [1.82, 2.24) is 5.32 Å². The Kier molecular flexibility index (Phi) is 13.0. The summed E-state index contributed by atoms with van der Waals surface area (Å²) in [7, 11) is 0. The van der Waals surface area contributed by atoms with Crippen LogP contribution < -0.4 is 11.1 Å². The third-order valence-electron chi connectivity index (χ3n) is 5.10. The molecule has 0 aromatic carbocycles. The van der Waals surface area contributed by atoms with Gasteiger partial charge in [0.25, 0.3) is 0 Å². The molecule has 2 aliphatic rings. The maximum Gasteiger partial charge on any atom is 0.402 e. The highest BCUT2D eigenvalue weighted by molar-refractivity contribution is 5.87. The monoisotopic (exact) mass is 468 g/mol. The molecule has 5 N–H and O–H groups in total. The third kappa shape index (κ3) is 13.2. The van der Waals surface area contributed by atoms with Crippen LogP contribution in [0.5, 0.6) is 0 Å². The average Bonchev–Trinajstić information content (AvgIpc) is 2.74. The van der Waals surface area contributed by atoms with Gasteiger partial charge >= 0.3 is 6.09 Å². The van der Waals surface area contributed by atoms with Gasteiger partial charge in [-0.15, -0.1) is 0 Å². The second-order valence-corrected chi connectivity index (χ2v) is 8.90. The molecule has 0 radical (unpaired) electrons. The normalized spacial score (nSPS) is 27.7. The lowest BCUT2D eigenvalue weighted by atomic mass is 9.86. The molecule has 0 bridgehead atoms. The lowest BCUT2D eigenvalue weighted by Gasteiger charge is -2.39. The lowest BCUT2D eigenvalue weighted by Crippen LogP contribution is -2.46. The molecule has 2 heterocycles. The van der Waals surface area contributed by atoms with Gasteiger partial charge in [0.1, 0.15) is 0 Å². The lowest BCUT2D eigenvalue weighted by molar-refractivity contribution is -0.187. The molecule has 0 aliphatic carbocycles. The van der Waals surface area contributed by atoms with E-state index in [-0.39, 0.29) is 42.5 Å². The minimum absolute atomic E-state index is 0.0209. The Morgan fingerprint density at radius 1 is 1.21 bits per heavy atom. The van der Waals surface area contributed by atoms with Crippen LogP contribution in [0.25, 0.3) is 0 Å². The smallest absolute Gasteiger partial charge is 0.402 e. The summed E-state index contributed by atoms with van der Waals surface area (Å²) in [6.45, 7) is 9.29. The summed E-state index contributed by atoms with van der Waals surface area (Å²) in [5.74, 6) is 0.174. The molecule has 2 amide bonds. The van der Waals surface area contributed by atoms with Gasteiger partial charge < -0.3 is 35.5 Å². The van der Waals surface area contributed by atoms with Crippen LogP contribution in [0.4, 0.5) is 4.79 Å². The van der Waals surface area contributed by atoms with E-state index < -0.39 is 6.09 Å². The van der Waals surface area contributed by atoms with Gasteiger partial charge in [-0.1, -0.05) is 36.8 Å². The quantitative estimate of drug-likeness (QED) is 0.317. The second kappa shape index (κ2) is 14.8. The van der Waals surface area contributed by atoms with Crippen molar-refractivity contribution in [3.8, 4) is 0 Å². The van der Waals surface area contributed by atoms with Crippen molar-refractivity contribution in [2.75, 3.05) is 19.8 Å². The van der Waals surface area contributed by atoms with Crippen molar-refractivity contribution in [1.29, 1.82) is 0 Å². The first-order valence-corrected chi connectivity index (χ1v) is 11.4. The van der Waals surface area contributed by atoms with Gasteiger partial charge in [0.15, 0.2) is 6.29 Å². The van der Waals surface area contributed by atoms with Gasteiger partial charge in [0.2, 0.25) is 5.91 Å². The topological polar surface area (TPSA) is 140 Å². The molecule has 0 saturated carbocycles. The van der Waals surface area contributed by atoms with E-state index in [1.807, 2.05) is 19.9 Å². The summed E-state index contributed by atoms with van der Waals surface area (Å²) in [5.41, 5.74) is 4.94. The van der Waals surface area contributed by atoms with Crippen molar-refractivity contribution in [2.24, 2.45) is 11.7 Å². The number of rotatable bonds is 8. The van der Waals surface area contributed by atoms with E-state index in [4.69, 9.17) is 24.1 Å². The number of amides is 2. The van der Waals surface area contributed by atoms with Crippen LogP contribution in [0.1, 0.15) is 53.4 Å². The number of nitrogens with two attached hydrogens (primary N) is 1. The molecule has 2 rings (SSSR count). The van der Waals surface area contributed by atoms with Gasteiger partial charge in [-0.05, 0) is 52.0 Å². The summed E-state index contributed by atoms with van der Waals surface area (Å²) in [4.78, 5) is 20.5. The Balaban J connectivity index is 0.00000125. The van der Waals surface area contributed by atoms with E-state index in [2.05, 4.69) is 43.1 Å². The zero-order valence-electron chi connectivity index (χ0n) is 20.2. The molecule has 9 heteroatoms. The average molecular weight is 469 g/mol. The molecule has 188 valence electrons. The van der Waals surface area contributed by atoms with Gasteiger partial charge in [-0.3, -0.25) is 4.79 Å². The van der Waals surface area contributed by atoms with Crippen molar-refractivity contribution in [2.45, 2.75) is 77.4 Å². The minimum atomic E-state index is -1.33. The predicted octanol–water partition coefficient (Wildman–Crippen LogP) is 2.89. The standard InChI is InChI=1S/C23H37NO5.CH3NO2/c1-5-6-7-21(26)24-19-15-27-22(28-16-19)11-9-17(2)8-10-20-12-18(14-25)13-23(3,4)29-20;2-1(3)4/h6-10,18-20,22,25H,5,11-16H2,1-4H3,(H,24,26);2H2,(H,3,4)/b7-6-,10-8+,17-9+;. The molecule has 0 aromatic rings. The number of nitrogens with one attached hydrogen (secondary N) is 1. The fraction of sp³-hybridized carbons (Fsp3) is 0.667. The summed E-state index contributed by atoms with van der Waals surface area (Å²) in [6, 6.07) is -0.114. The molecule has 0 spiro atoms. The fourth-order valence-corrected chi connectivity index (χ4v) is 3.72. The highest BCUT2D eigenvalue weighted by Crippen LogP contribution is 2.32. The molecule has 2 unspecified atom stereocenters. The van der Waals surface area contributed by atoms with Crippen LogP contribution in [0.15, 0.2) is 36.0 Å². The Morgan fingerprint density at radius 3 is 2.42 bits per heavy atom. The largest absolute Gasteiger partial charge is 0.465 e. The molecule has 2 saturated heterocycles. The summed E-state index contributed by atoms with van der Waals surface area (Å²) >= 11 is 0. The Morgan fingerprint density at radius 2 is 1.85 bits per heavy atom. The minimum Gasteiger partial charge on any atom is -0.465 e. The first-order valence-electron chi connectivity index (χ1n) is 11.4. The third-order valence-corrected chi connectivity index (χ3v) is 5.10. The number of hydrogen-bond acceptors (Lipinski definition) is 6. The van der Waals surface area contributed by atoms with E-state index in [1.54, 1.807) is 6.08 Å². The van der Waals surface area contributed by atoms with Crippen LogP contribution in [0.3, 0.4) is 0 Å². The number of hydrogen-bond donors (Lipinski definition) is 4. The van der Waals surface area contributed by atoms with Crippen molar-refractivity contribution in [3.63, 3.8) is 0 Å². The van der Waals surface area contributed by atoms with Crippen molar-refractivity contribution in [3.05, 3.63) is 36.0 Å². The fourth-order valence-electron chi connectivity index (χ4n) is 3.72. The molecule has 0 aromatic heterocycles. The number of aliphatic hydroxyl groups is 1. The number of carbonyl (C=O) groups is 2. The molecular weight excluding hydrogens is 428 g/mol. The number of aliphatic hydroxyl groups excluding tert-OH is 1. The summed E-state index contributed by atoms with van der Waals surface area (Å²) in [6.07, 6.45) is 11.2. The Hall–Kier alpha value is -2.20. The number of carbonyl (C=O) groups excluding carboxylic acids is 1. The number of carboxylic acid groups (broad SMARTS) is 1. The van der Waals surface area contributed by atoms with Crippen LogP contribution in [0, 0.1) is 5.92 Å². The van der Waals surface area contributed by atoms with Gasteiger partial charge in [-0.25, -0.2) is 4.79 Å². The molecule has 9 nitrogen and oxygen atoms in total. The van der Waals surface area contributed by atoms with Crippen molar-refractivity contribution >= 4 is 12.0 Å². The summed E-state index contributed by atoms with van der Waals surface area (Å²) in [5, 5.41) is 19.6. The second-order valence-electron chi connectivity index (χ2n) is 8.90. The van der Waals surface area contributed by atoms with Crippen LogP contribution >= 0.6 is 0 Å². The van der Waals surface area contributed by atoms with Gasteiger partial charge in [0, 0.05) is 13.0 Å². The first kappa shape index (κ1) is 28.8. The highest BCUT2D eigenvalue weighted by atomic mass is 16.7. The molecule has 33 heavy (non-hydrogen) atoms. The Labute approximate surface area is 196 Å². The SMILES string of the molecule is CC/C=C\C(=O)NC1COC(C/C=C(C)/C=C/C2CC(CO)CC(C)(C)O2)OC1.NC(=O)O. The number of ether oxygens (including phenoxy) is 3. The molecule has 2 atom stereocenters. The zero-order valence-corrected chi connectivity index (χ0v) is 20.2. The maximum absolute atomic E-state index is 11.7. The van der Waals surface area contributed by atoms with Crippen LogP contribution in [0.2, 0.25) is 0 Å². The zero-order chi connectivity index (χ0) is 24.9. The molecule has 2 fully saturated rings. The van der Waals surface area contributed by atoms with E-state index >= 15 is 0 Å². The summed E-state index contributed by atoms with van der Waals surface area (Å²) < 4.78 is 17.5. The number of primary amides is 1. The number of allylic oxidation sites excluding steroid dienone is 3. The van der Waals surface area contributed by atoms with E-state index in [1.165, 1.54) is 0 Å². The van der Waals surface area contributed by atoms with Gasteiger partial charge in [-0.2, -0.15) is 0 Å². The van der Waals surface area contributed by atoms with Crippen LogP contribution in [-0.2, 0) is 19.0 Å². The maximum atomic E-state index is 11.7. The predicted molar refractivity (Wildman–Crippen MR) is 126 cm³/mol. The Bertz CT molecular complexity index is 691.